The van der Waals surface area contributed by atoms with Gasteiger partial charge in [0.25, 0.3) is 0 Å². The van der Waals surface area contributed by atoms with Crippen LogP contribution in [0, 0.1) is 0 Å². The van der Waals surface area contributed by atoms with Crippen molar-refractivity contribution in [3.8, 4) is 0 Å². The van der Waals surface area contributed by atoms with Crippen LogP contribution in [-0.4, -0.2) is 5.75 Å². The zero-order valence-corrected chi connectivity index (χ0v) is 9.54. The van der Waals surface area contributed by atoms with Gasteiger partial charge in [-0.25, -0.2) is 0 Å². The van der Waals surface area contributed by atoms with Gasteiger partial charge in [-0.3, -0.25) is 0 Å². The first-order valence-corrected chi connectivity index (χ1v) is 6.60. The van der Waals surface area contributed by atoms with Crippen molar-refractivity contribution in [1.82, 2.24) is 0 Å². The maximum Gasteiger partial charge on any atom is 0.0182 e. The molecule has 0 saturated carbocycles. The van der Waals surface area contributed by atoms with E-state index < -0.39 is 0 Å². The van der Waals surface area contributed by atoms with Crippen LogP contribution in [0.2, 0.25) is 0 Å². The Bertz CT molecular complexity index is 172. The van der Waals surface area contributed by atoms with E-state index in [0.717, 1.165) is 0 Å². The lowest BCUT2D eigenvalue weighted by molar-refractivity contribution is 1.48. The molecule has 0 bridgehead atoms. The number of hydrogen-bond donors (Lipinski definition) is 0. The molecule has 0 aliphatic heterocycles. The Morgan fingerprint density at radius 2 is 1.67 bits per heavy atom. The lowest BCUT2D eigenvalue weighted by Crippen LogP contribution is -1.64. The van der Waals surface area contributed by atoms with Crippen LogP contribution in [0.3, 0.4) is 0 Å². The summed E-state index contributed by atoms with van der Waals surface area (Å²) in [7, 11) is 3.71. The SMILES string of the molecule is CC.CCSSc1ccccc1. The van der Waals surface area contributed by atoms with Crippen LogP contribution in [0.1, 0.15) is 20.8 Å². The van der Waals surface area contributed by atoms with Crippen LogP contribution in [-0.2, 0) is 0 Å². The van der Waals surface area contributed by atoms with Gasteiger partial charge in [-0.15, -0.1) is 0 Å². The average molecular weight is 200 g/mol. The van der Waals surface area contributed by atoms with E-state index in [-0.39, 0.29) is 0 Å². The van der Waals surface area contributed by atoms with Crippen molar-refractivity contribution in [1.29, 1.82) is 0 Å². The number of benzene rings is 1. The molecule has 12 heavy (non-hydrogen) atoms. The smallest absolute Gasteiger partial charge is 0.0182 e. The van der Waals surface area contributed by atoms with Gasteiger partial charge in [-0.1, -0.05) is 60.6 Å². The molecule has 0 amide bonds. The van der Waals surface area contributed by atoms with Crippen molar-refractivity contribution in [2.45, 2.75) is 25.7 Å². The summed E-state index contributed by atoms with van der Waals surface area (Å²) in [5.41, 5.74) is 0. The highest BCUT2D eigenvalue weighted by Crippen LogP contribution is 2.29. The first-order chi connectivity index (χ1) is 5.93. The summed E-state index contributed by atoms with van der Waals surface area (Å²) in [6.07, 6.45) is 0. The summed E-state index contributed by atoms with van der Waals surface area (Å²) in [6, 6.07) is 10.4. The summed E-state index contributed by atoms with van der Waals surface area (Å²) in [5.74, 6) is 1.17. The van der Waals surface area contributed by atoms with Crippen molar-refractivity contribution >= 4 is 21.6 Å². The molecule has 1 aromatic carbocycles. The van der Waals surface area contributed by atoms with Crippen LogP contribution < -0.4 is 0 Å². The lowest BCUT2D eigenvalue weighted by atomic mass is 10.4. The van der Waals surface area contributed by atoms with Crippen LogP contribution in [0.5, 0.6) is 0 Å². The molecule has 1 rings (SSSR count). The standard InChI is InChI=1S/C8H10S2.C2H6/c1-2-9-10-8-6-4-3-5-7-8;1-2/h3-7H,2H2,1H3;1-2H3. The van der Waals surface area contributed by atoms with E-state index in [1.54, 1.807) is 0 Å². The predicted molar refractivity (Wildman–Crippen MR) is 61.8 cm³/mol. The van der Waals surface area contributed by atoms with Gasteiger partial charge >= 0.3 is 0 Å². The van der Waals surface area contributed by atoms with E-state index in [0.29, 0.717) is 0 Å². The second kappa shape index (κ2) is 9.01. The van der Waals surface area contributed by atoms with Gasteiger partial charge in [-0.05, 0) is 12.1 Å². The molecule has 0 radical (unpaired) electrons. The van der Waals surface area contributed by atoms with E-state index in [2.05, 4.69) is 31.2 Å². The summed E-state index contributed by atoms with van der Waals surface area (Å²) in [5, 5.41) is 0. The third-order valence-electron chi connectivity index (χ3n) is 1.02. The van der Waals surface area contributed by atoms with E-state index in [1.807, 2.05) is 41.5 Å². The topological polar surface area (TPSA) is 0 Å². The lowest BCUT2D eigenvalue weighted by Gasteiger charge is -1.95. The van der Waals surface area contributed by atoms with Gasteiger partial charge < -0.3 is 0 Å². The number of rotatable bonds is 3. The highest BCUT2D eigenvalue weighted by Gasteiger charge is 1.88. The van der Waals surface area contributed by atoms with Crippen LogP contribution >= 0.6 is 21.6 Å². The fourth-order valence-electron chi connectivity index (χ4n) is 0.603. The summed E-state index contributed by atoms with van der Waals surface area (Å²) in [4.78, 5) is 1.34. The molecular weight excluding hydrogens is 184 g/mol. The van der Waals surface area contributed by atoms with Crippen molar-refractivity contribution < 1.29 is 0 Å². The quantitative estimate of drug-likeness (QED) is 0.660. The van der Waals surface area contributed by atoms with Gasteiger partial charge in [0, 0.05) is 10.6 Å². The Morgan fingerprint density at radius 3 is 2.17 bits per heavy atom. The van der Waals surface area contributed by atoms with Crippen molar-refractivity contribution in [3.05, 3.63) is 30.3 Å². The monoisotopic (exact) mass is 200 g/mol. The minimum absolute atomic E-state index is 1.17. The highest BCUT2D eigenvalue weighted by molar-refractivity contribution is 8.76. The molecule has 0 aliphatic rings. The third kappa shape index (κ3) is 5.56. The van der Waals surface area contributed by atoms with Gasteiger partial charge in [0.2, 0.25) is 0 Å². The molecule has 0 nitrogen and oxygen atoms in total. The number of hydrogen-bond acceptors (Lipinski definition) is 2. The Kier molecular flexibility index (Phi) is 8.95. The molecule has 1 aromatic rings. The Morgan fingerprint density at radius 1 is 1.08 bits per heavy atom. The minimum Gasteiger partial charge on any atom is -0.0892 e. The molecule has 0 atom stereocenters. The molecule has 0 aliphatic carbocycles. The largest absolute Gasteiger partial charge is 0.0892 e. The van der Waals surface area contributed by atoms with E-state index in [1.165, 1.54) is 10.6 Å². The van der Waals surface area contributed by atoms with E-state index >= 15 is 0 Å². The molecule has 0 spiro atoms. The Balaban J connectivity index is 0.000000561. The average Bonchev–Trinajstić information content (AvgIpc) is 2.19. The predicted octanol–water partition coefficient (Wildman–Crippen LogP) is 4.47. The molecule has 0 aromatic heterocycles. The summed E-state index contributed by atoms with van der Waals surface area (Å²) in [6.45, 7) is 6.17. The minimum atomic E-state index is 1.17. The normalized spacial score (nSPS) is 8.58. The molecule has 0 N–H and O–H groups in total. The van der Waals surface area contributed by atoms with E-state index in [9.17, 15) is 0 Å². The summed E-state index contributed by atoms with van der Waals surface area (Å²) >= 11 is 0. The maximum atomic E-state index is 2.17. The zero-order valence-electron chi connectivity index (χ0n) is 7.91. The van der Waals surface area contributed by atoms with Gasteiger partial charge in [0.1, 0.15) is 0 Å². The first-order valence-electron chi connectivity index (χ1n) is 4.28. The molecule has 0 heterocycles. The van der Waals surface area contributed by atoms with Crippen LogP contribution in [0.25, 0.3) is 0 Å². The van der Waals surface area contributed by atoms with Crippen molar-refractivity contribution in [2.24, 2.45) is 0 Å². The fourth-order valence-corrected chi connectivity index (χ4v) is 2.22. The second-order valence-corrected chi connectivity index (χ2v) is 4.46. The van der Waals surface area contributed by atoms with Crippen LogP contribution in [0.15, 0.2) is 35.2 Å². The third-order valence-corrected chi connectivity index (χ3v) is 3.47. The molecule has 0 unspecified atom stereocenters. The fraction of sp³-hybridized carbons (Fsp3) is 0.400. The van der Waals surface area contributed by atoms with Gasteiger partial charge in [-0.2, -0.15) is 0 Å². The second-order valence-electron chi connectivity index (χ2n) is 1.80. The van der Waals surface area contributed by atoms with Gasteiger partial charge in [0.15, 0.2) is 0 Å². The van der Waals surface area contributed by atoms with Crippen LogP contribution in [0.4, 0.5) is 0 Å². The molecule has 68 valence electrons. The van der Waals surface area contributed by atoms with Gasteiger partial charge in [0.05, 0.1) is 0 Å². The highest BCUT2D eigenvalue weighted by atomic mass is 33.1. The molecule has 0 fully saturated rings. The molecular formula is C10H16S2. The Hall–Kier alpha value is -0.0800. The van der Waals surface area contributed by atoms with E-state index in [4.69, 9.17) is 0 Å². The van der Waals surface area contributed by atoms with Crippen molar-refractivity contribution in [3.63, 3.8) is 0 Å². The maximum absolute atomic E-state index is 2.17. The molecule has 2 heteroatoms. The molecule has 0 saturated heterocycles. The first kappa shape index (κ1) is 11.9. The summed E-state index contributed by atoms with van der Waals surface area (Å²) < 4.78 is 0. The Labute approximate surface area is 83.5 Å². The van der Waals surface area contributed by atoms with Crippen molar-refractivity contribution in [2.75, 3.05) is 5.75 Å². The zero-order chi connectivity index (χ0) is 9.23.